The Labute approximate surface area is 259 Å². The predicted molar refractivity (Wildman–Crippen MR) is 177 cm³/mol. The third-order valence-corrected chi connectivity index (χ3v) is 8.40. The number of nitrogens with zero attached hydrogens (tertiary/aromatic N) is 1. The molecule has 0 saturated heterocycles. The molecule has 0 heterocycles. The average molecular weight is 585 g/mol. The summed E-state index contributed by atoms with van der Waals surface area (Å²) in [5, 5.41) is 13.0. The maximum atomic E-state index is 13.1. The number of nitrogens with one attached hydrogen (secondary N) is 1. The maximum absolute atomic E-state index is 13.1. The Hall–Kier alpha value is -2.14. The fourth-order valence-electron chi connectivity index (χ4n) is 5.64. The van der Waals surface area contributed by atoms with Crippen LogP contribution in [0.3, 0.4) is 0 Å². The van der Waals surface area contributed by atoms with Gasteiger partial charge < -0.3 is 19.7 Å². The van der Waals surface area contributed by atoms with Crippen molar-refractivity contribution in [1.82, 2.24) is 5.32 Å². The maximum Gasteiger partial charge on any atom is 0.278 e. The van der Waals surface area contributed by atoms with Crippen LogP contribution in [0.2, 0.25) is 0 Å². The fourth-order valence-corrected chi connectivity index (χ4v) is 5.64. The van der Waals surface area contributed by atoms with E-state index in [9.17, 15) is 14.7 Å². The number of rotatable bonds is 23. The van der Waals surface area contributed by atoms with Crippen molar-refractivity contribution in [1.29, 1.82) is 0 Å². The minimum absolute atomic E-state index is 0.0518. The van der Waals surface area contributed by atoms with Crippen molar-refractivity contribution in [3.05, 3.63) is 41.5 Å². The number of allylic oxidation sites excluding steroid dienone is 1. The van der Waals surface area contributed by atoms with Crippen LogP contribution in [0.1, 0.15) is 147 Å². The highest BCUT2D eigenvalue weighted by molar-refractivity contribution is 5.84. The van der Waals surface area contributed by atoms with Gasteiger partial charge in [-0.3, -0.25) is 4.79 Å². The first-order valence-corrected chi connectivity index (χ1v) is 17.3. The number of hydrogen-bond acceptors (Lipinski definition) is 3. The van der Waals surface area contributed by atoms with Crippen molar-refractivity contribution in [2.75, 3.05) is 27.7 Å². The zero-order chi connectivity index (χ0) is 31.1. The first-order valence-electron chi connectivity index (χ1n) is 17.3. The van der Waals surface area contributed by atoms with E-state index in [-0.39, 0.29) is 18.4 Å². The van der Waals surface area contributed by atoms with E-state index in [4.69, 9.17) is 0 Å². The Bertz CT molecular complexity index is 887. The van der Waals surface area contributed by atoms with Gasteiger partial charge in [-0.1, -0.05) is 141 Å². The highest BCUT2D eigenvalue weighted by Gasteiger charge is 2.33. The molecular weight excluding hydrogens is 520 g/mol. The van der Waals surface area contributed by atoms with Gasteiger partial charge in [0.25, 0.3) is 5.91 Å². The zero-order valence-electron chi connectivity index (χ0n) is 28.0. The number of benzene rings is 1. The Morgan fingerprint density at radius 1 is 0.762 bits per heavy atom. The summed E-state index contributed by atoms with van der Waals surface area (Å²) < 4.78 is 0.657. The van der Waals surface area contributed by atoms with Crippen LogP contribution in [-0.4, -0.2) is 50.1 Å². The topological polar surface area (TPSA) is 69.2 Å². The number of fused-ring (bicyclic) bond motifs is 1. The number of unbranched alkanes of at least 4 members (excludes halogenated alkanes) is 15. The summed E-state index contributed by atoms with van der Waals surface area (Å²) >= 11 is 0. The van der Waals surface area contributed by atoms with Gasteiger partial charge in [0, 0.05) is 18.9 Å². The van der Waals surface area contributed by atoms with Crippen LogP contribution in [0.15, 0.2) is 30.3 Å². The van der Waals surface area contributed by atoms with Crippen molar-refractivity contribution in [2.45, 2.75) is 148 Å². The minimum Gasteiger partial charge on any atom is -0.550 e. The number of carboxylic acid groups (broad SMARTS) is 1. The molecule has 1 aromatic rings. The molecule has 0 aliphatic heterocycles. The summed E-state index contributed by atoms with van der Waals surface area (Å²) in [5.74, 6) is -0.731. The molecule has 5 heteroatoms. The van der Waals surface area contributed by atoms with Gasteiger partial charge >= 0.3 is 0 Å². The van der Waals surface area contributed by atoms with Crippen LogP contribution in [0, 0.1) is 0 Å². The summed E-state index contributed by atoms with van der Waals surface area (Å²) in [4.78, 5) is 22.8. The molecule has 0 bridgehead atoms. The molecule has 0 aromatic heterocycles. The molecule has 1 atom stereocenters. The molecule has 1 unspecified atom stereocenters. The number of likely N-dealkylation sites (N-methyl/N-ethyl adjacent to an activating group) is 1. The van der Waals surface area contributed by atoms with Gasteiger partial charge in [-0.25, -0.2) is 0 Å². The van der Waals surface area contributed by atoms with Crippen molar-refractivity contribution in [3.8, 4) is 0 Å². The summed E-state index contributed by atoms with van der Waals surface area (Å²) in [7, 11) is 6.41. The van der Waals surface area contributed by atoms with Crippen molar-refractivity contribution in [3.63, 3.8) is 0 Å². The lowest BCUT2D eigenvalue weighted by Crippen LogP contribution is -2.54. The Morgan fingerprint density at radius 3 is 1.79 bits per heavy atom. The molecular formula is C37H64N2O3. The van der Waals surface area contributed by atoms with E-state index in [0.717, 1.165) is 45.1 Å². The fraction of sp³-hybridized carbons (Fsp3) is 0.730. The highest BCUT2D eigenvalue weighted by Crippen LogP contribution is 2.32. The van der Waals surface area contributed by atoms with Gasteiger partial charge in [0.2, 0.25) is 0 Å². The number of carbonyl (C=O) groups is 2. The van der Waals surface area contributed by atoms with Crippen LogP contribution in [0.5, 0.6) is 0 Å². The zero-order valence-corrected chi connectivity index (χ0v) is 28.0. The van der Waals surface area contributed by atoms with Crippen LogP contribution >= 0.6 is 0 Å². The molecule has 42 heavy (non-hydrogen) atoms. The molecule has 0 radical (unpaired) electrons. The SMILES string of the molecule is CCCCCC(=O)[O-].CCCCCCCCCCCCCCCCNC(=O)C(CC1=CCc2ccccc21)[N+](C)(C)C. The molecule has 1 aliphatic carbocycles. The highest BCUT2D eigenvalue weighted by atomic mass is 16.4. The average Bonchev–Trinajstić information content (AvgIpc) is 3.36. The van der Waals surface area contributed by atoms with E-state index in [2.05, 4.69) is 63.7 Å². The molecule has 1 N–H and O–H groups in total. The Morgan fingerprint density at radius 2 is 1.26 bits per heavy atom. The number of quaternary nitrogens is 1. The number of carbonyl (C=O) groups excluding carboxylic acids is 2. The summed E-state index contributed by atoms with van der Waals surface area (Å²) in [6.45, 7) is 5.13. The molecule has 1 aliphatic rings. The molecule has 1 amide bonds. The first kappa shape index (κ1) is 37.9. The van der Waals surface area contributed by atoms with Crippen molar-refractivity contribution in [2.24, 2.45) is 0 Å². The van der Waals surface area contributed by atoms with Crippen molar-refractivity contribution >= 4 is 17.4 Å². The van der Waals surface area contributed by atoms with Gasteiger partial charge in [0.1, 0.15) is 0 Å². The van der Waals surface area contributed by atoms with Crippen LogP contribution < -0.4 is 10.4 Å². The van der Waals surface area contributed by atoms with E-state index in [1.54, 1.807) is 0 Å². The largest absolute Gasteiger partial charge is 0.550 e. The number of amides is 1. The quantitative estimate of drug-likeness (QED) is 0.105. The first-order chi connectivity index (χ1) is 20.2. The Balaban J connectivity index is 0.000000962. The number of hydrogen-bond donors (Lipinski definition) is 1. The third kappa shape index (κ3) is 17.7. The number of aliphatic carboxylic acids is 1. The second-order valence-corrected chi connectivity index (χ2v) is 13.1. The minimum atomic E-state index is -0.932. The van der Waals surface area contributed by atoms with Crippen LogP contribution in [-0.2, 0) is 16.0 Å². The van der Waals surface area contributed by atoms with Gasteiger partial charge in [0.15, 0.2) is 6.04 Å². The molecule has 0 fully saturated rings. The van der Waals surface area contributed by atoms with E-state index in [1.165, 1.54) is 100 Å². The summed E-state index contributed by atoms with van der Waals surface area (Å²) in [6.07, 6.45) is 26.2. The predicted octanol–water partition coefficient (Wildman–Crippen LogP) is 8.01. The molecule has 5 nitrogen and oxygen atoms in total. The monoisotopic (exact) mass is 584 g/mol. The summed E-state index contributed by atoms with van der Waals surface area (Å²) in [5.41, 5.74) is 4.06. The van der Waals surface area contributed by atoms with Gasteiger partial charge in [-0.2, -0.15) is 0 Å². The second-order valence-electron chi connectivity index (χ2n) is 13.1. The van der Waals surface area contributed by atoms with Crippen molar-refractivity contribution < 1.29 is 19.2 Å². The number of carboxylic acids is 1. The van der Waals surface area contributed by atoms with Crippen LogP contribution in [0.25, 0.3) is 5.57 Å². The molecule has 2 rings (SSSR count). The van der Waals surface area contributed by atoms with Gasteiger partial charge in [-0.15, -0.1) is 0 Å². The smallest absolute Gasteiger partial charge is 0.278 e. The molecule has 240 valence electrons. The molecule has 1 aromatic carbocycles. The van der Waals surface area contributed by atoms with Gasteiger partial charge in [-0.05, 0) is 42.4 Å². The normalized spacial score (nSPS) is 13.1. The van der Waals surface area contributed by atoms with E-state index in [1.807, 2.05) is 6.92 Å². The molecule has 0 saturated carbocycles. The van der Waals surface area contributed by atoms with E-state index < -0.39 is 5.97 Å². The standard InChI is InChI=1S/C31H52N2O.C6H12O2/c1-5-6-7-8-9-10-11-12-13-14-15-16-17-20-25-32-31(34)30(33(2,3)4)26-28-24-23-27-21-18-19-22-29(27)28;1-2-3-4-5-6(7)8/h18-19,21-22,24,30H,5-17,20,23,25-26H2,1-4H3;2-5H2,1H3,(H,7,8). The van der Waals surface area contributed by atoms with Crippen LogP contribution in [0.4, 0.5) is 0 Å². The van der Waals surface area contributed by atoms with Gasteiger partial charge in [0.05, 0.1) is 21.1 Å². The summed E-state index contributed by atoms with van der Waals surface area (Å²) in [6, 6.07) is 8.57. The lowest BCUT2D eigenvalue weighted by Gasteiger charge is -2.33. The van der Waals surface area contributed by atoms with E-state index in [0.29, 0.717) is 4.48 Å². The van der Waals surface area contributed by atoms with E-state index >= 15 is 0 Å². The lowest BCUT2D eigenvalue weighted by molar-refractivity contribution is -0.886. The Kier molecular flexibility index (Phi) is 21.0. The molecule has 0 spiro atoms. The third-order valence-electron chi connectivity index (χ3n) is 8.40. The second kappa shape index (κ2) is 23.3. The lowest BCUT2D eigenvalue weighted by atomic mass is 9.97.